The normalized spacial score (nSPS) is 11.8. The van der Waals surface area contributed by atoms with Crippen molar-refractivity contribution < 1.29 is 14.3 Å². The Morgan fingerprint density at radius 3 is 2.32 bits per heavy atom. The average molecular weight is 383 g/mol. The number of anilines is 1. The highest BCUT2D eigenvalue weighted by Crippen LogP contribution is 2.20. The van der Waals surface area contributed by atoms with Crippen LogP contribution in [-0.2, 0) is 4.74 Å². The van der Waals surface area contributed by atoms with E-state index < -0.39 is 12.1 Å². The molecule has 4 nitrogen and oxygen atoms in total. The minimum Gasteiger partial charge on any atom is -0.451 e. The van der Waals surface area contributed by atoms with Gasteiger partial charge in [-0.3, -0.25) is 4.79 Å². The number of nitrogen functional groups attached to an aromatic ring is 1. The molecule has 114 valence electrons. The molecule has 2 rings (SSSR count). The molecule has 0 heterocycles. The summed E-state index contributed by atoms with van der Waals surface area (Å²) in [5.41, 5.74) is 6.64. The molecule has 22 heavy (non-hydrogen) atoms. The molecule has 0 saturated heterocycles. The second kappa shape index (κ2) is 6.94. The van der Waals surface area contributed by atoms with E-state index in [4.69, 9.17) is 22.1 Å². The summed E-state index contributed by atoms with van der Waals surface area (Å²) in [6.07, 6.45) is -0.898. The van der Waals surface area contributed by atoms with Crippen LogP contribution in [0.5, 0.6) is 0 Å². The molecule has 0 unspecified atom stereocenters. The maximum absolute atomic E-state index is 12.2. The van der Waals surface area contributed by atoms with Gasteiger partial charge in [0.2, 0.25) is 5.78 Å². The van der Waals surface area contributed by atoms with Crippen molar-refractivity contribution in [3.8, 4) is 0 Å². The molecule has 0 aliphatic heterocycles. The summed E-state index contributed by atoms with van der Waals surface area (Å²) in [6, 6.07) is 11.3. The fourth-order valence-electron chi connectivity index (χ4n) is 1.80. The fourth-order valence-corrected chi connectivity index (χ4v) is 2.18. The first-order valence-corrected chi connectivity index (χ1v) is 7.61. The van der Waals surface area contributed by atoms with E-state index in [1.807, 2.05) is 0 Å². The summed E-state index contributed by atoms with van der Waals surface area (Å²) in [5, 5.41) is 0.357. The summed E-state index contributed by atoms with van der Waals surface area (Å²) in [5.74, 6) is -0.899. The number of benzene rings is 2. The third-order valence-corrected chi connectivity index (χ3v) is 3.89. The molecular formula is C16H13BrClNO3. The molecule has 0 saturated carbocycles. The predicted octanol–water partition coefficient (Wildman–Crippen LogP) is 4.11. The number of esters is 1. The van der Waals surface area contributed by atoms with Crippen LogP contribution < -0.4 is 5.73 Å². The van der Waals surface area contributed by atoms with E-state index in [2.05, 4.69) is 15.9 Å². The molecule has 0 fully saturated rings. The van der Waals surface area contributed by atoms with E-state index in [9.17, 15) is 9.59 Å². The van der Waals surface area contributed by atoms with Gasteiger partial charge in [0, 0.05) is 10.0 Å². The Hall–Kier alpha value is -1.85. The third-order valence-electron chi connectivity index (χ3n) is 3.01. The van der Waals surface area contributed by atoms with Crippen LogP contribution in [0.2, 0.25) is 5.02 Å². The van der Waals surface area contributed by atoms with Crippen molar-refractivity contribution in [2.45, 2.75) is 13.0 Å². The van der Waals surface area contributed by atoms with Gasteiger partial charge >= 0.3 is 5.97 Å². The first-order valence-electron chi connectivity index (χ1n) is 6.44. The van der Waals surface area contributed by atoms with Crippen LogP contribution in [0.4, 0.5) is 5.69 Å². The summed E-state index contributed by atoms with van der Waals surface area (Å²) < 4.78 is 6.04. The standard InChI is InChI=1S/C16H13BrClNO3/c1-9(15(20)10-2-5-12(17)6-3-10)22-16(21)11-4-7-13(18)14(19)8-11/h2-9H,19H2,1H3/t9-/m1/s1. The number of hydrogen-bond donors (Lipinski definition) is 1. The lowest BCUT2D eigenvalue weighted by Crippen LogP contribution is -2.24. The second-order valence-electron chi connectivity index (χ2n) is 4.65. The van der Waals surface area contributed by atoms with Gasteiger partial charge in [-0.15, -0.1) is 0 Å². The zero-order valence-electron chi connectivity index (χ0n) is 11.7. The number of rotatable bonds is 4. The van der Waals surface area contributed by atoms with Crippen LogP contribution in [0.1, 0.15) is 27.6 Å². The quantitative estimate of drug-likeness (QED) is 0.491. The van der Waals surface area contributed by atoms with Gasteiger partial charge in [0.15, 0.2) is 6.10 Å². The molecule has 0 radical (unpaired) electrons. The van der Waals surface area contributed by atoms with Gasteiger partial charge in [0.25, 0.3) is 0 Å². The first kappa shape index (κ1) is 16.5. The van der Waals surface area contributed by atoms with Crippen LogP contribution in [0, 0.1) is 0 Å². The van der Waals surface area contributed by atoms with E-state index >= 15 is 0 Å². The average Bonchev–Trinajstić information content (AvgIpc) is 2.50. The highest BCUT2D eigenvalue weighted by atomic mass is 79.9. The number of hydrogen-bond acceptors (Lipinski definition) is 4. The van der Waals surface area contributed by atoms with Crippen molar-refractivity contribution in [1.82, 2.24) is 0 Å². The third kappa shape index (κ3) is 3.87. The van der Waals surface area contributed by atoms with Gasteiger partial charge in [-0.05, 0) is 37.3 Å². The summed E-state index contributed by atoms with van der Waals surface area (Å²) in [6.45, 7) is 1.53. The Kier molecular flexibility index (Phi) is 5.21. The Balaban J connectivity index is 2.08. The van der Waals surface area contributed by atoms with Crippen molar-refractivity contribution in [3.05, 3.63) is 63.1 Å². The molecule has 2 N–H and O–H groups in total. The number of halogens is 2. The number of ether oxygens (including phenoxy) is 1. The van der Waals surface area contributed by atoms with Crippen molar-refractivity contribution in [1.29, 1.82) is 0 Å². The lowest BCUT2D eigenvalue weighted by Gasteiger charge is -2.13. The lowest BCUT2D eigenvalue weighted by atomic mass is 10.1. The minimum atomic E-state index is -0.898. The van der Waals surface area contributed by atoms with Gasteiger partial charge in [0.05, 0.1) is 16.3 Å². The molecular weight excluding hydrogens is 370 g/mol. The monoisotopic (exact) mass is 381 g/mol. The summed E-state index contributed by atoms with van der Waals surface area (Å²) >= 11 is 9.10. The van der Waals surface area contributed by atoms with Gasteiger partial charge in [-0.1, -0.05) is 39.7 Å². The first-order chi connectivity index (χ1) is 10.4. The van der Waals surface area contributed by atoms with Crippen LogP contribution in [-0.4, -0.2) is 17.9 Å². The highest BCUT2D eigenvalue weighted by molar-refractivity contribution is 9.10. The van der Waals surface area contributed by atoms with Crippen molar-refractivity contribution in [3.63, 3.8) is 0 Å². The van der Waals surface area contributed by atoms with E-state index in [-0.39, 0.29) is 17.0 Å². The lowest BCUT2D eigenvalue weighted by molar-refractivity contribution is 0.0319. The smallest absolute Gasteiger partial charge is 0.338 e. The van der Waals surface area contributed by atoms with Crippen LogP contribution in [0.25, 0.3) is 0 Å². The van der Waals surface area contributed by atoms with Crippen molar-refractivity contribution in [2.24, 2.45) is 0 Å². The summed E-state index contributed by atoms with van der Waals surface area (Å²) in [4.78, 5) is 24.2. The Morgan fingerprint density at radius 1 is 1.14 bits per heavy atom. The molecule has 0 aliphatic carbocycles. The van der Waals surface area contributed by atoms with E-state index in [0.717, 1.165) is 4.47 Å². The molecule has 0 bridgehead atoms. The van der Waals surface area contributed by atoms with Crippen molar-refractivity contribution in [2.75, 3.05) is 5.73 Å². The molecule has 0 spiro atoms. The number of carbonyl (C=O) groups is 2. The molecule has 2 aromatic rings. The van der Waals surface area contributed by atoms with Crippen LogP contribution in [0.3, 0.4) is 0 Å². The molecule has 0 aromatic heterocycles. The number of Topliss-reactive ketones (excluding diaryl/α,β-unsaturated/α-hetero) is 1. The Morgan fingerprint density at radius 2 is 1.73 bits per heavy atom. The number of ketones is 1. The SMILES string of the molecule is C[C@@H](OC(=O)c1ccc(Cl)c(N)c1)C(=O)c1ccc(Br)cc1. The highest BCUT2D eigenvalue weighted by Gasteiger charge is 2.20. The Bertz CT molecular complexity index is 716. The van der Waals surface area contributed by atoms with Gasteiger partial charge in [-0.25, -0.2) is 4.79 Å². The van der Waals surface area contributed by atoms with E-state index in [1.54, 1.807) is 24.3 Å². The second-order valence-corrected chi connectivity index (χ2v) is 5.98. The molecule has 6 heteroatoms. The van der Waals surface area contributed by atoms with Crippen LogP contribution >= 0.6 is 27.5 Å². The molecule has 1 atom stereocenters. The largest absolute Gasteiger partial charge is 0.451 e. The number of nitrogens with two attached hydrogens (primary N) is 1. The van der Waals surface area contributed by atoms with E-state index in [0.29, 0.717) is 10.6 Å². The molecule has 0 aliphatic rings. The van der Waals surface area contributed by atoms with Gasteiger partial charge < -0.3 is 10.5 Å². The van der Waals surface area contributed by atoms with Crippen molar-refractivity contribution >= 4 is 45.0 Å². The van der Waals surface area contributed by atoms with E-state index in [1.165, 1.54) is 25.1 Å². The Labute approximate surface area is 141 Å². The molecule has 0 amide bonds. The maximum Gasteiger partial charge on any atom is 0.338 e. The van der Waals surface area contributed by atoms with Gasteiger partial charge in [-0.2, -0.15) is 0 Å². The zero-order chi connectivity index (χ0) is 16.3. The van der Waals surface area contributed by atoms with Crippen LogP contribution in [0.15, 0.2) is 46.9 Å². The molecule has 2 aromatic carbocycles. The predicted molar refractivity (Wildman–Crippen MR) is 89.2 cm³/mol. The zero-order valence-corrected chi connectivity index (χ0v) is 14.0. The minimum absolute atomic E-state index is 0.248. The topological polar surface area (TPSA) is 69.4 Å². The van der Waals surface area contributed by atoms with Gasteiger partial charge in [0.1, 0.15) is 0 Å². The summed E-state index contributed by atoms with van der Waals surface area (Å²) in [7, 11) is 0. The fraction of sp³-hybridized carbons (Fsp3) is 0.125. The number of carbonyl (C=O) groups excluding carboxylic acids is 2. The maximum atomic E-state index is 12.2.